The van der Waals surface area contributed by atoms with Crippen LogP contribution in [0.4, 0.5) is 5.00 Å². The third-order valence-electron chi connectivity index (χ3n) is 4.90. The van der Waals surface area contributed by atoms with E-state index in [1.54, 1.807) is 41.3 Å². The van der Waals surface area contributed by atoms with Crippen LogP contribution in [0.25, 0.3) is 5.69 Å². The minimum atomic E-state index is -0.315. The van der Waals surface area contributed by atoms with Crippen molar-refractivity contribution in [1.29, 1.82) is 0 Å². The standard InChI is InChI=1S/C23H20ClN5O2S/c1-14-11-20(28-22(30)18-5-3-4-6-19(18)24)32-21(14)23(31)27-15(2)16-7-9-17(10-8-16)29-13-25-12-26-29/h3-13,15H,1-2H3,(H,27,31)(H,28,30). The lowest BCUT2D eigenvalue weighted by atomic mass is 10.1. The largest absolute Gasteiger partial charge is 0.345 e. The Kier molecular flexibility index (Phi) is 6.34. The predicted molar refractivity (Wildman–Crippen MR) is 126 cm³/mol. The fourth-order valence-electron chi connectivity index (χ4n) is 3.20. The van der Waals surface area contributed by atoms with Gasteiger partial charge in [0.05, 0.1) is 32.2 Å². The molecule has 0 saturated heterocycles. The first-order chi connectivity index (χ1) is 15.4. The number of benzene rings is 2. The van der Waals surface area contributed by atoms with Crippen molar-refractivity contribution in [3.8, 4) is 5.69 Å². The highest BCUT2D eigenvalue weighted by Gasteiger charge is 2.18. The minimum absolute atomic E-state index is 0.196. The van der Waals surface area contributed by atoms with Crippen LogP contribution in [0.1, 0.15) is 44.1 Å². The number of carbonyl (C=O) groups excluding carboxylic acids is 2. The molecule has 0 bridgehead atoms. The van der Waals surface area contributed by atoms with Crippen molar-refractivity contribution in [1.82, 2.24) is 20.1 Å². The van der Waals surface area contributed by atoms with E-state index in [-0.39, 0.29) is 17.9 Å². The van der Waals surface area contributed by atoms with Gasteiger partial charge in [0.1, 0.15) is 12.7 Å². The lowest BCUT2D eigenvalue weighted by molar-refractivity contribution is 0.0942. The van der Waals surface area contributed by atoms with Crippen molar-refractivity contribution in [3.05, 3.63) is 93.8 Å². The van der Waals surface area contributed by atoms with Crippen molar-refractivity contribution < 1.29 is 9.59 Å². The molecule has 32 heavy (non-hydrogen) atoms. The summed E-state index contributed by atoms with van der Waals surface area (Å²) >= 11 is 7.33. The maximum Gasteiger partial charge on any atom is 0.262 e. The summed E-state index contributed by atoms with van der Waals surface area (Å²) < 4.78 is 1.67. The van der Waals surface area contributed by atoms with E-state index in [2.05, 4.69) is 20.7 Å². The van der Waals surface area contributed by atoms with Gasteiger partial charge in [-0.05, 0) is 55.3 Å². The predicted octanol–water partition coefficient (Wildman–Crippen LogP) is 5.03. The maximum absolute atomic E-state index is 12.9. The summed E-state index contributed by atoms with van der Waals surface area (Å²) in [6.07, 6.45) is 3.10. The number of nitrogens with zero attached hydrogens (tertiary/aromatic N) is 3. The van der Waals surface area contributed by atoms with Crippen LogP contribution >= 0.6 is 22.9 Å². The number of aryl methyl sites for hydroxylation is 1. The second-order valence-electron chi connectivity index (χ2n) is 7.18. The number of nitrogens with one attached hydrogen (secondary N) is 2. The van der Waals surface area contributed by atoms with Gasteiger partial charge >= 0.3 is 0 Å². The van der Waals surface area contributed by atoms with Gasteiger partial charge in [-0.2, -0.15) is 5.10 Å². The topological polar surface area (TPSA) is 88.9 Å². The van der Waals surface area contributed by atoms with E-state index in [1.165, 1.54) is 17.7 Å². The average molecular weight is 466 g/mol. The molecular formula is C23H20ClN5O2S. The number of thiophene rings is 1. The Morgan fingerprint density at radius 3 is 2.53 bits per heavy atom. The van der Waals surface area contributed by atoms with Crippen LogP contribution in [0.3, 0.4) is 0 Å². The van der Waals surface area contributed by atoms with Gasteiger partial charge in [0.15, 0.2) is 0 Å². The zero-order valence-electron chi connectivity index (χ0n) is 17.4. The monoisotopic (exact) mass is 465 g/mol. The zero-order chi connectivity index (χ0) is 22.7. The molecule has 0 aliphatic carbocycles. The summed E-state index contributed by atoms with van der Waals surface area (Å²) in [5, 5.41) is 10.9. The summed E-state index contributed by atoms with van der Waals surface area (Å²) in [5.41, 5.74) is 3.02. The number of hydrogen-bond donors (Lipinski definition) is 2. The number of amides is 2. The SMILES string of the molecule is Cc1cc(NC(=O)c2ccccc2Cl)sc1C(=O)NC(C)c1ccc(-n2cncn2)cc1. The number of rotatable bonds is 6. The molecule has 0 radical (unpaired) electrons. The van der Waals surface area contributed by atoms with E-state index < -0.39 is 0 Å². The number of aromatic nitrogens is 3. The minimum Gasteiger partial charge on any atom is -0.345 e. The van der Waals surface area contributed by atoms with Crippen LogP contribution in [0, 0.1) is 6.92 Å². The molecule has 2 amide bonds. The number of hydrogen-bond acceptors (Lipinski definition) is 5. The van der Waals surface area contributed by atoms with E-state index >= 15 is 0 Å². The Balaban J connectivity index is 1.43. The fraction of sp³-hybridized carbons (Fsp3) is 0.130. The van der Waals surface area contributed by atoms with Crippen LogP contribution in [0.15, 0.2) is 67.3 Å². The van der Waals surface area contributed by atoms with Crippen molar-refractivity contribution in [2.75, 3.05) is 5.32 Å². The first-order valence-electron chi connectivity index (χ1n) is 9.84. The molecule has 0 saturated carbocycles. The summed E-state index contributed by atoms with van der Waals surface area (Å²) in [7, 11) is 0. The van der Waals surface area contributed by atoms with Crippen molar-refractivity contribution in [2.45, 2.75) is 19.9 Å². The Hall–Kier alpha value is -3.49. The summed E-state index contributed by atoms with van der Waals surface area (Å²) in [5.74, 6) is -0.511. The molecule has 1 atom stereocenters. The van der Waals surface area contributed by atoms with Gasteiger partial charge in [0.25, 0.3) is 11.8 Å². The number of anilines is 1. The second kappa shape index (κ2) is 9.33. The normalized spacial score (nSPS) is 11.7. The first kappa shape index (κ1) is 21.7. The van der Waals surface area contributed by atoms with Crippen LogP contribution in [-0.2, 0) is 0 Å². The first-order valence-corrected chi connectivity index (χ1v) is 11.0. The quantitative estimate of drug-likeness (QED) is 0.417. The van der Waals surface area contributed by atoms with Crippen molar-refractivity contribution in [3.63, 3.8) is 0 Å². The lowest BCUT2D eigenvalue weighted by Gasteiger charge is -2.14. The maximum atomic E-state index is 12.9. The fourth-order valence-corrected chi connectivity index (χ4v) is 4.39. The van der Waals surface area contributed by atoms with Gasteiger partial charge in [-0.3, -0.25) is 9.59 Å². The summed E-state index contributed by atoms with van der Waals surface area (Å²) in [6.45, 7) is 3.76. The Labute approximate surface area is 194 Å². The molecule has 2 aromatic heterocycles. The molecule has 0 spiro atoms. The smallest absolute Gasteiger partial charge is 0.262 e. The molecule has 2 heterocycles. The highest BCUT2D eigenvalue weighted by Crippen LogP contribution is 2.28. The average Bonchev–Trinajstić information content (AvgIpc) is 3.44. The molecule has 4 aromatic rings. The Bertz CT molecular complexity index is 1250. The van der Waals surface area contributed by atoms with Crippen LogP contribution in [-0.4, -0.2) is 26.6 Å². The van der Waals surface area contributed by atoms with E-state index in [9.17, 15) is 9.59 Å². The molecule has 9 heteroatoms. The van der Waals surface area contributed by atoms with Gasteiger partial charge in [-0.1, -0.05) is 35.9 Å². The highest BCUT2D eigenvalue weighted by atomic mass is 35.5. The third-order valence-corrected chi connectivity index (χ3v) is 6.38. The molecule has 2 N–H and O–H groups in total. The van der Waals surface area contributed by atoms with Crippen LogP contribution in [0.5, 0.6) is 0 Å². The summed E-state index contributed by atoms with van der Waals surface area (Å²) in [4.78, 5) is 29.9. The highest BCUT2D eigenvalue weighted by molar-refractivity contribution is 7.18. The third kappa shape index (κ3) is 4.71. The van der Waals surface area contributed by atoms with E-state index in [0.29, 0.717) is 20.5 Å². The molecule has 0 aliphatic rings. The second-order valence-corrected chi connectivity index (χ2v) is 8.64. The lowest BCUT2D eigenvalue weighted by Crippen LogP contribution is -2.26. The van der Waals surface area contributed by atoms with Gasteiger partial charge in [-0.15, -0.1) is 11.3 Å². The van der Waals surface area contributed by atoms with Gasteiger partial charge in [0.2, 0.25) is 0 Å². The molecule has 2 aromatic carbocycles. The number of halogens is 1. The molecule has 7 nitrogen and oxygen atoms in total. The molecule has 0 aliphatic heterocycles. The van der Waals surface area contributed by atoms with Gasteiger partial charge in [-0.25, -0.2) is 9.67 Å². The molecule has 0 fully saturated rings. The van der Waals surface area contributed by atoms with Gasteiger partial charge < -0.3 is 10.6 Å². The van der Waals surface area contributed by atoms with Crippen molar-refractivity contribution in [2.24, 2.45) is 0 Å². The van der Waals surface area contributed by atoms with Crippen LogP contribution in [0.2, 0.25) is 5.02 Å². The summed E-state index contributed by atoms with van der Waals surface area (Å²) in [6, 6.07) is 16.1. The zero-order valence-corrected chi connectivity index (χ0v) is 18.9. The Morgan fingerprint density at radius 2 is 1.84 bits per heavy atom. The van der Waals surface area contributed by atoms with E-state index in [1.807, 2.05) is 38.1 Å². The molecule has 4 rings (SSSR count). The van der Waals surface area contributed by atoms with Crippen molar-refractivity contribution >= 4 is 39.8 Å². The van der Waals surface area contributed by atoms with E-state index in [4.69, 9.17) is 11.6 Å². The van der Waals surface area contributed by atoms with Gasteiger partial charge in [0, 0.05) is 0 Å². The Morgan fingerprint density at radius 1 is 1.09 bits per heavy atom. The molecular weight excluding hydrogens is 446 g/mol. The van der Waals surface area contributed by atoms with E-state index in [0.717, 1.165) is 16.8 Å². The van der Waals surface area contributed by atoms with Crippen LogP contribution < -0.4 is 10.6 Å². The number of carbonyl (C=O) groups is 2. The molecule has 1 unspecified atom stereocenters. The molecule has 162 valence electrons.